The van der Waals surface area contributed by atoms with Gasteiger partial charge in [-0.2, -0.15) is 10.1 Å². The highest BCUT2D eigenvalue weighted by Crippen LogP contribution is 2.32. The number of rotatable bonds is 4. The molecule has 23 heavy (non-hydrogen) atoms. The summed E-state index contributed by atoms with van der Waals surface area (Å²) in [4.78, 5) is 4.21. The molecule has 0 aliphatic rings. The summed E-state index contributed by atoms with van der Waals surface area (Å²) in [5, 5.41) is 14.3. The predicted molar refractivity (Wildman–Crippen MR) is 89.3 cm³/mol. The van der Waals surface area contributed by atoms with E-state index in [2.05, 4.69) is 25.8 Å². The fraction of sp³-hybridized carbons (Fsp3) is 0. The highest BCUT2D eigenvalue weighted by atomic mass is 35.5. The minimum atomic E-state index is -0.413. The van der Waals surface area contributed by atoms with Gasteiger partial charge in [-0.1, -0.05) is 41.4 Å². The number of hydrogen-bond acceptors (Lipinski definition) is 5. The van der Waals surface area contributed by atoms with Crippen molar-refractivity contribution in [3.05, 3.63) is 64.5 Å². The van der Waals surface area contributed by atoms with Crippen molar-refractivity contribution in [2.24, 2.45) is 0 Å². The Labute approximate surface area is 141 Å². The highest BCUT2D eigenvalue weighted by molar-refractivity contribution is 6.39. The van der Waals surface area contributed by atoms with E-state index < -0.39 is 5.82 Å². The monoisotopic (exact) mass is 349 g/mol. The zero-order chi connectivity index (χ0) is 16.2. The molecule has 0 saturated heterocycles. The molecule has 1 aromatic heterocycles. The van der Waals surface area contributed by atoms with Gasteiger partial charge in [0.1, 0.15) is 5.82 Å². The maximum Gasteiger partial charge on any atom is 0.249 e. The van der Waals surface area contributed by atoms with E-state index in [4.69, 9.17) is 23.2 Å². The smallest absolute Gasteiger partial charge is 0.249 e. The lowest BCUT2D eigenvalue weighted by Gasteiger charge is -2.10. The van der Waals surface area contributed by atoms with Crippen LogP contribution in [0.15, 0.2) is 48.7 Å². The van der Waals surface area contributed by atoms with Gasteiger partial charge in [0.2, 0.25) is 5.95 Å². The van der Waals surface area contributed by atoms with E-state index in [1.54, 1.807) is 36.4 Å². The summed E-state index contributed by atoms with van der Waals surface area (Å²) >= 11 is 12.2. The number of anilines is 4. The molecule has 0 atom stereocenters. The fourth-order valence-electron chi connectivity index (χ4n) is 1.85. The van der Waals surface area contributed by atoms with E-state index in [0.29, 0.717) is 21.6 Å². The molecule has 0 amide bonds. The molecule has 0 spiro atoms. The van der Waals surface area contributed by atoms with Gasteiger partial charge in [-0.25, -0.2) is 4.39 Å². The first-order valence-electron chi connectivity index (χ1n) is 6.56. The Bertz CT molecular complexity index is 823. The number of nitrogens with one attached hydrogen (secondary N) is 2. The summed E-state index contributed by atoms with van der Waals surface area (Å²) in [6.45, 7) is 0. The molecule has 0 aliphatic heterocycles. The van der Waals surface area contributed by atoms with Crippen molar-refractivity contribution < 1.29 is 4.39 Å². The first-order valence-corrected chi connectivity index (χ1v) is 7.31. The third-order valence-corrected chi connectivity index (χ3v) is 3.52. The van der Waals surface area contributed by atoms with E-state index in [9.17, 15) is 4.39 Å². The molecular weight excluding hydrogens is 340 g/mol. The summed E-state index contributed by atoms with van der Waals surface area (Å²) < 4.78 is 13.6. The Kier molecular flexibility index (Phi) is 4.55. The van der Waals surface area contributed by atoms with Crippen molar-refractivity contribution in [1.82, 2.24) is 15.2 Å². The lowest BCUT2D eigenvalue weighted by Crippen LogP contribution is -2.03. The fourth-order valence-corrected chi connectivity index (χ4v) is 2.34. The van der Waals surface area contributed by atoms with Gasteiger partial charge >= 0.3 is 0 Å². The van der Waals surface area contributed by atoms with Crippen LogP contribution in [0, 0.1) is 5.82 Å². The van der Waals surface area contributed by atoms with Crippen LogP contribution >= 0.6 is 23.2 Å². The normalized spacial score (nSPS) is 10.4. The Morgan fingerprint density at radius 3 is 2.39 bits per heavy atom. The molecule has 5 nitrogen and oxygen atoms in total. The zero-order valence-electron chi connectivity index (χ0n) is 11.6. The molecule has 8 heteroatoms. The molecule has 116 valence electrons. The molecular formula is C15H10Cl2FN5. The summed E-state index contributed by atoms with van der Waals surface area (Å²) in [5.41, 5.74) is 0.760. The number of nitrogens with zero attached hydrogens (tertiary/aromatic N) is 3. The van der Waals surface area contributed by atoms with E-state index >= 15 is 0 Å². The molecule has 0 saturated carbocycles. The standard InChI is InChI=1S/C15H10Cl2FN5/c16-9-4-3-5-10(17)14(9)21-13-8-19-23-15(22-13)20-12-7-2-1-6-11(12)18/h1-8H,(H2,20,21,22,23). The van der Waals surface area contributed by atoms with Crippen molar-refractivity contribution in [2.75, 3.05) is 10.6 Å². The van der Waals surface area contributed by atoms with Gasteiger partial charge in [-0.05, 0) is 24.3 Å². The van der Waals surface area contributed by atoms with Crippen LogP contribution in [0.3, 0.4) is 0 Å². The topological polar surface area (TPSA) is 62.7 Å². The molecule has 3 aromatic rings. The summed E-state index contributed by atoms with van der Waals surface area (Å²) in [5.74, 6) is 0.0979. The van der Waals surface area contributed by atoms with Gasteiger partial charge in [-0.15, -0.1) is 5.10 Å². The molecule has 0 bridgehead atoms. The maximum absolute atomic E-state index is 13.6. The van der Waals surface area contributed by atoms with Crippen LogP contribution in [-0.2, 0) is 0 Å². The van der Waals surface area contributed by atoms with E-state index in [1.165, 1.54) is 12.3 Å². The average Bonchev–Trinajstić information content (AvgIpc) is 2.54. The lowest BCUT2D eigenvalue weighted by atomic mass is 10.3. The Morgan fingerprint density at radius 2 is 1.65 bits per heavy atom. The van der Waals surface area contributed by atoms with Crippen LogP contribution in [0.2, 0.25) is 10.0 Å². The third-order valence-electron chi connectivity index (χ3n) is 2.89. The van der Waals surface area contributed by atoms with Crippen molar-refractivity contribution >= 4 is 46.3 Å². The summed E-state index contributed by atoms with van der Waals surface area (Å²) in [7, 11) is 0. The van der Waals surface area contributed by atoms with E-state index in [1.807, 2.05) is 0 Å². The third kappa shape index (κ3) is 3.67. The zero-order valence-corrected chi connectivity index (χ0v) is 13.1. The van der Waals surface area contributed by atoms with Gasteiger partial charge in [0, 0.05) is 0 Å². The first-order chi connectivity index (χ1) is 11.1. The van der Waals surface area contributed by atoms with Crippen molar-refractivity contribution in [1.29, 1.82) is 0 Å². The minimum absolute atomic E-state index is 0.142. The Morgan fingerprint density at radius 1 is 0.913 bits per heavy atom. The van der Waals surface area contributed by atoms with Gasteiger partial charge in [0.05, 0.1) is 27.6 Å². The average molecular weight is 350 g/mol. The number of aromatic nitrogens is 3. The largest absolute Gasteiger partial charge is 0.336 e. The van der Waals surface area contributed by atoms with Gasteiger partial charge in [0.15, 0.2) is 5.82 Å². The predicted octanol–water partition coefficient (Wildman–Crippen LogP) is 4.80. The van der Waals surface area contributed by atoms with Gasteiger partial charge in [-0.3, -0.25) is 0 Å². The van der Waals surface area contributed by atoms with Crippen LogP contribution in [-0.4, -0.2) is 15.2 Å². The minimum Gasteiger partial charge on any atom is -0.336 e. The van der Waals surface area contributed by atoms with Crippen molar-refractivity contribution in [3.63, 3.8) is 0 Å². The molecule has 2 aromatic carbocycles. The molecule has 0 unspecified atom stereocenters. The highest BCUT2D eigenvalue weighted by Gasteiger charge is 2.09. The molecule has 0 aliphatic carbocycles. The summed E-state index contributed by atoms with van der Waals surface area (Å²) in [6.07, 6.45) is 1.41. The van der Waals surface area contributed by atoms with Gasteiger partial charge in [0.25, 0.3) is 0 Å². The maximum atomic E-state index is 13.6. The Hall–Kier alpha value is -2.44. The second-order valence-electron chi connectivity index (χ2n) is 4.49. The van der Waals surface area contributed by atoms with Crippen LogP contribution < -0.4 is 10.6 Å². The number of hydrogen-bond donors (Lipinski definition) is 2. The van der Waals surface area contributed by atoms with Crippen LogP contribution in [0.5, 0.6) is 0 Å². The molecule has 1 heterocycles. The SMILES string of the molecule is Fc1ccccc1Nc1nncc(Nc2c(Cl)cccc2Cl)n1. The molecule has 0 radical (unpaired) electrons. The molecule has 3 rings (SSSR count). The molecule has 0 fully saturated rings. The number of halogens is 3. The number of benzene rings is 2. The summed E-state index contributed by atoms with van der Waals surface area (Å²) in [6, 6.07) is 11.3. The second-order valence-corrected chi connectivity index (χ2v) is 5.31. The quantitative estimate of drug-likeness (QED) is 0.707. The second kappa shape index (κ2) is 6.76. The van der Waals surface area contributed by atoms with Crippen molar-refractivity contribution in [2.45, 2.75) is 0 Å². The van der Waals surface area contributed by atoms with Crippen LogP contribution in [0.25, 0.3) is 0 Å². The Balaban J connectivity index is 1.84. The van der Waals surface area contributed by atoms with Crippen LogP contribution in [0.1, 0.15) is 0 Å². The van der Waals surface area contributed by atoms with E-state index in [-0.39, 0.29) is 11.6 Å². The van der Waals surface area contributed by atoms with Crippen molar-refractivity contribution in [3.8, 4) is 0 Å². The van der Waals surface area contributed by atoms with Gasteiger partial charge < -0.3 is 10.6 Å². The lowest BCUT2D eigenvalue weighted by molar-refractivity contribution is 0.631. The van der Waals surface area contributed by atoms with E-state index in [0.717, 1.165) is 0 Å². The van der Waals surface area contributed by atoms with Crippen LogP contribution in [0.4, 0.5) is 27.5 Å². The molecule has 2 N–H and O–H groups in total. The number of para-hydroxylation sites is 2. The first kappa shape index (κ1) is 15.5.